The molecule has 0 aromatic carbocycles. The SMILES string of the molecule is CCC(CC)(CNCc1ccco1)C(=O)O. The average molecular weight is 225 g/mol. The van der Waals surface area contributed by atoms with Crippen molar-refractivity contribution in [3.05, 3.63) is 24.2 Å². The Morgan fingerprint density at radius 1 is 1.50 bits per heavy atom. The second kappa shape index (κ2) is 5.70. The van der Waals surface area contributed by atoms with E-state index in [1.807, 2.05) is 26.0 Å². The number of carboxylic acid groups (broad SMARTS) is 1. The zero-order valence-corrected chi connectivity index (χ0v) is 9.82. The van der Waals surface area contributed by atoms with E-state index in [2.05, 4.69) is 5.32 Å². The number of hydrogen-bond donors (Lipinski definition) is 2. The van der Waals surface area contributed by atoms with Crippen LogP contribution in [0.15, 0.2) is 22.8 Å². The van der Waals surface area contributed by atoms with Crippen LogP contribution < -0.4 is 5.32 Å². The minimum atomic E-state index is -0.732. The Hall–Kier alpha value is -1.29. The average Bonchev–Trinajstić information content (AvgIpc) is 2.77. The van der Waals surface area contributed by atoms with Gasteiger partial charge in [0.2, 0.25) is 0 Å². The molecule has 4 nitrogen and oxygen atoms in total. The van der Waals surface area contributed by atoms with Crippen LogP contribution in [0, 0.1) is 5.41 Å². The van der Waals surface area contributed by atoms with Gasteiger partial charge in [0.25, 0.3) is 0 Å². The highest BCUT2D eigenvalue weighted by atomic mass is 16.4. The summed E-state index contributed by atoms with van der Waals surface area (Å²) in [5.41, 5.74) is -0.660. The Balaban J connectivity index is 2.47. The summed E-state index contributed by atoms with van der Waals surface area (Å²) in [6.45, 7) is 4.86. The van der Waals surface area contributed by atoms with E-state index < -0.39 is 11.4 Å². The van der Waals surface area contributed by atoms with Crippen LogP contribution in [-0.4, -0.2) is 17.6 Å². The molecule has 0 aliphatic carbocycles. The summed E-state index contributed by atoms with van der Waals surface area (Å²) in [4.78, 5) is 11.2. The summed E-state index contributed by atoms with van der Waals surface area (Å²) in [6.07, 6.45) is 2.87. The fourth-order valence-corrected chi connectivity index (χ4v) is 1.72. The normalized spacial score (nSPS) is 11.6. The standard InChI is InChI=1S/C12H19NO3/c1-3-12(4-2,11(14)15)9-13-8-10-6-5-7-16-10/h5-7,13H,3-4,8-9H2,1-2H3,(H,14,15). The second-order valence-electron chi connectivity index (χ2n) is 3.98. The van der Waals surface area contributed by atoms with Crippen LogP contribution >= 0.6 is 0 Å². The van der Waals surface area contributed by atoms with E-state index in [1.165, 1.54) is 0 Å². The van der Waals surface area contributed by atoms with Crippen molar-refractivity contribution in [3.8, 4) is 0 Å². The first-order chi connectivity index (χ1) is 7.64. The molecule has 0 unspecified atom stereocenters. The molecule has 0 spiro atoms. The van der Waals surface area contributed by atoms with Crippen LogP contribution in [0.5, 0.6) is 0 Å². The van der Waals surface area contributed by atoms with Gasteiger partial charge in [-0.1, -0.05) is 13.8 Å². The van der Waals surface area contributed by atoms with E-state index >= 15 is 0 Å². The molecule has 1 heterocycles. The predicted octanol–water partition coefficient (Wildman–Crippen LogP) is 2.26. The minimum absolute atomic E-state index is 0.468. The first kappa shape index (κ1) is 12.8. The molecule has 0 radical (unpaired) electrons. The Kier molecular flexibility index (Phi) is 4.55. The Labute approximate surface area is 95.7 Å². The van der Waals surface area contributed by atoms with Crippen LogP contribution in [0.4, 0.5) is 0 Å². The van der Waals surface area contributed by atoms with Crippen LogP contribution in [-0.2, 0) is 11.3 Å². The van der Waals surface area contributed by atoms with E-state index in [0.717, 1.165) is 5.76 Å². The number of furan rings is 1. The molecule has 4 heteroatoms. The first-order valence-electron chi connectivity index (χ1n) is 5.61. The Morgan fingerprint density at radius 3 is 2.62 bits per heavy atom. The molecule has 0 amide bonds. The summed E-state index contributed by atoms with van der Waals surface area (Å²) in [5, 5.41) is 12.4. The van der Waals surface area contributed by atoms with E-state index in [1.54, 1.807) is 6.26 Å². The lowest BCUT2D eigenvalue weighted by molar-refractivity contribution is -0.149. The summed E-state index contributed by atoms with van der Waals surface area (Å²) in [7, 11) is 0. The largest absolute Gasteiger partial charge is 0.481 e. The van der Waals surface area contributed by atoms with Crippen molar-refractivity contribution in [1.29, 1.82) is 0 Å². The molecule has 0 aliphatic heterocycles. The molecule has 0 bridgehead atoms. The zero-order chi connectivity index (χ0) is 12.0. The third-order valence-electron chi connectivity index (χ3n) is 3.15. The molecule has 16 heavy (non-hydrogen) atoms. The molecule has 1 rings (SSSR count). The summed E-state index contributed by atoms with van der Waals surface area (Å²) in [6, 6.07) is 3.69. The zero-order valence-electron chi connectivity index (χ0n) is 9.82. The van der Waals surface area contributed by atoms with Crippen LogP contribution in [0.1, 0.15) is 32.4 Å². The van der Waals surface area contributed by atoms with Gasteiger partial charge in [-0.25, -0.2) is 0 Å². The third-order valence-corrected chi connectivity index (χ3v) is 3.15. The molecular weight excluding hydrogens is 206 g/mol. The number of nitrogens with one attached hydrogen (secondary N) is 1. The van der Waals surface area contributed by atoms with Gasteiger partial charge in [0.15, 0.2) is 0 Å². The number of carboxylic acids is 1. The summed E-state index contributed by atoms with van der Waals surface area (Å²) < 4.78 is 5.17. The van der Waals surface area contributed by atoms with Gasteiger partial charge in [-0.3, -0.25) is 4.79 Å². The molecule has 0 saturated heterocycles. The van der Waals surface area contributed by atoms with Gasteiger partial charge in [0.05, 0.1) is 18.2 Å². The minimum Gasteiger partial charge on any atom is -0.481 e. The second-order valence-corrected chi connectivity index (χ2v) is 3.98. The fourth-order valence-electron chi connectivity index (χ4n) is 1.72. The molecular formula is C12H19NO3. The van der Waals surface area contributed by atoms with E-state index in [-0.39, 0.29) is 0 Å². The fraction of sp³-hybridized carbons (Fsp3) is 0.583. The lowest BCUT2D eigenvalue weighted by Gasteiger charge is -2.26. The van der Waals surface area contributed by atoms with Gasteiger partial charge >= 0.3 is 5.97 Å². The number of rotatable bonds is 7. The van der Waals surface area contributed by atoms with Crippen molar-refractivity contribution in [1.82, 2.24) is 5.32 Å². The maximum Gasteiger partial charge on any atom is 0.310 e. The van der Waals surface area contributed by atoms with Crippen molar-refractivity contribution in [2.75, 3.05) is 6.54 Å². The molecule has 1 aromatic rings. The van der Waals surface area contributed by atoms with Gasteiger partial charge in [0.1, 0.15) is 5.76 Å². The molecule has 2 N–H and O–H groups in total. The van der Waals surface area contributed by atoms with Crippen LogP contribution in [0.3, 0.4) is 0 Å². The molecule has 0 fully saturated rings. The maximum absolute atomic E-state index is 11.2. The smallest absolute Gasteiger partial charge is 0.310 e. The van der Waals surface area contributed by atoms with Crippen molar-refractivity contribution in [2.45, 2.75) is 33.2 Å². The number of carbonyl (C=O) groups is 1. The van der Waals surface area contributed by atoms with E-state index in [0.29, 0.717) is 25.9 Å². The third kappa shape index (κ3) is 2.85. The Bertz CT molecular complexity index is 315. The maximum atomic E-state index is 11.2. The molecule has 90 valence electrons. The van der Waals surface area contributed by atoms with Crippen LogP contribution in [0.25, 0.3) is 0 Å². The van der Waals surface area contributed by atoms with Crippen molar-refractivity contribution in [2.24, 2.45) is 5.41 Å². The molecule has 0 atom stereocenters. The predicted molar refractivity (Wildman–Crippen MR) is 61.1 cm³/mol. The van der Waals surface area contributed by atoms with E-state index in [9.17, 15) is 9.90 Å². The summed E-state index contributed by atoms with van der Waals surface area (Å²) >= 11 is 0. The van der Waals surface area contributed by atoms with Gasteiger partial charge in [0, 0.05) is 6.54 Å². The topological polar surface area (TPSA) is 62.5 Å². The van der Waals surface area contributed by atoms with Gasteiger partial charge in [-0.05, 0) is 25.0 Å². The van der Waals surface area contributed by atoms with Gasteiger partial charge < -0.3 is 14.8 Å². The van der Waals surface area contributed by atoms with Gasteiger partial charge in [-0.2, -0.15) is 0 Å². The Morgan fingerprint density at radius 2 is 2.19 bits per heavy atom. The number of hydrogen-bond acceptors (Lipinski definition) is 3. The van der Waals surface area contributed by atoms with Crippen molar-refractivity contribution < 1.29 is 14.3 Å². The highest BCUT2D eigenvalue weighted by molar-refractivity contribution is 5.74. The molecule has 0 saturated carbocycles. The monoisotopic (exact) mass is 225 g/mol. The summed E-state index contributed by atoms with van der Waals surface area (Å²) in [5.74, 6) is 0.0935. The van der Waals surface area contributed by atoms with Gasteiger partial charge in [-0.15, -0.1) is 0 Å². The lowest BCUT2D eigenvalue weighted by Crippen LogP contribution is -2.39. The van der Waals surface area contributed by atoms with E-state index in [4.69, 9.17) is 4.42 Å². The highest BCUT2D eigenvalue weighted by Crippen LogP contribution is 2.25. The highest BCUT2D eigenvalue weighted by Gasteiger charge is 2.34. The lowest BCUT2D eigenvalue weighted by atomic mass is 9.82. The quantitative estimate of drug-likeness (QED) is 0.747. The number of aliphatic carboxylic acids is 1. The van der Waals surface area contributed by atoms with Crippen molar-refractivity contribution in [3.63, 3.8) is 0 Å². The first-order valence-corrected chi connectivity index (χ1v) is 5.61. The van der Waals surface area contributed by atoms with Crippen molar-refractivity contribution >= 4 is 5.97 Å². The molecule has 1 aromatic heterocycles. The molecule has 0 aliphatic rings. The van der Waals surface area contributed by atoms with Crippen LogP contribution in [0.2, 0.25) is 0 Å².